The van der Waals surface area contributed by atoms with Gasteiger partial charge in [-0.1, -0.05) is 6.07 Å². The highest BCUT2D eigenvalue weighted by Gasteiger charge is 2.11. The molecule has 3 nitrogen and oxygen atoms in total. The fraction of sp³-hybridized carbons (Fsp3) is 0.400. The zero-order chi connectivity index (χ0) is 10.6. The lowest BCUT2D eigenvalue weighted by Gasteiger charge is -2.09. The van der Waals surface area contributed by atoms with Gasteiger partial charge in [-0.3, -0.25) is 4.21 Å². The molecule has 0 fully saturated rings. The Morgan fingerprint density at radius 3 is 2.86 bits per heavy atom. The summed E-state index contributed by atoms with van der Waals surface area (Å²) in [5.74, 6) is 0.722. The molecule has 0 aliphatic rings. The van der Waals surface area contributed by atoms with Crippen LogP contribution >= 0.6 is 0 Å². The van der Waals surface area contributed by atoms with Crippen molar-refractivity contribution in [3.05, 3.63) is 24.3 Å². The van der Waals surface area contributed by atoms with E-state index in [1.165, 1.54) is 0 Å². The van der Waals surface area contributed by atoms with Crippen LogP contribution in [0.5, 0.6) is 5.75 Å². The van der Waals surface area contributed by atoms with E-state index in [2.05, 4.69) is 0 Å². The van der Waals surface area contributed by atoms with E-state index < -0.39 is 10.8 Å². The average molecular weight is 213 g/mol. The van der Waals surface area contributed by atoms with Crippen molar-refractivity contribution in [2.75, 3.05) is 13.7 Å². The minimum Gasteiger partial charge on any atom is -0.497 e. The number of ether oxygens (including phenoxy) is 1. The van der Waals surface area contributed by atoms with E-state index in [0.29, 0.717) is 6.54 Å². The molecular weight excluding hydrogens is 198 g/mol. The molecule has 4 heteroatoms. The van der Waals surface area contributed by atoms with Crippen LogP contribution in [0.15, 0.2) is 29.2 Å². The van der Waals surface area contributed by atoms with Crippen molar-refractivity contribution in [1.82, 2.24) is 0 Å². The molecule has 0 aliphatic heterocycles. The van der Waals surface area contributed by atoms with Gasteiger partial charge < -0.3 is 10.5 Å². The van der Waals surface area contributed by atoms with E-state index in [4.69, 9.17) is 10.5 Å². The summed E-state index contributed by atoms with van der Waals surface area (Å²) < 4.78 is 16.9. The summed E-state index contributed by atoms with van der Waals surface area (Å²) in [7, 11) is 0.547. The first kappa shape index (κ1) is 11.2. The molecule has 0 heterocycles. The van der Waals surface area contributed by atoms with Gasteiger partial charge in [0.1, 0.15) is 5.75 Å². The Morgan fingerprint density at radius 2 is 2.29 bits per heavy atom. The minimum absolute atomic E-state index is 0.0258. The summed E-state index contributed by atoms with van der Waals surface area (Å²) in [6.45, 7) is 2.29. The molecular formula is C10H15NO2S. The van der Waals surface area contributed by atoms with Gasteiger partial charge in [0.05, 0.1) is 17.9 Å². The van der Waals surface area contributed by atoms with Crippen LogP contribution in [-0.4, -0.2) is 23.1 Å². The predicted molar refractivity (Wildman–Crippen MR) is 57.9 cm³/mol. The number of methoxy groups -OCH3 is 1. The molecule has 0 saturated carbocycles. The molecule has 2 N–H and O–H groups in total. The van der Waals surface area contributed by atoms with E-state index in [1.807, 2.05) is 25.1 Å². The second kappa shape index (κ2) is 5.12. The fourth-order valence-electron chi connectivity index (χ4n) is 1.05. The van der Waals surface area contributed by atoms with Gasteiger partial charge in [0.25, 0.3) is 0 Å². The van der Waals surface area contributed by atoms with Crippen molar-refractivity contribution in [2.24, 2.45) is 5.73 Å². The largest absolute Gasteiger partial charge is 0.497 e. The van der Waals surface area contributed by atoms with Crippen molar-refractivity contribution in [2.45, 2.75) is 17.1 Å². The van der Waals surface area contributed by atoms with E-state index in [-0.39, 0.29) is 5.25 Å². The molecule has 2 unspecified atom stereocenters. The monoisotopic (exact) mass is 213 g/mol. The normalized spacial score (nSPS) is 14.8. The van der Waals surface area contributed by atoms with Crippen LogP contribution in [0.2, 0.25) is 0 Å². The van der Waals surface area contributed by atoms with E-state index in [0.717, 1.165) is 10.6 Å². The molecule has 0 aromatic heterocycles. The Balaban J connectivity index is 2.90. The Morgan fingerprint density at radius 1 is 1.57 bits per heavy atom. The second-order valence-corrected chi connectivity index (χ2v) is 4.89. The van der Waals surface area contributed by atoms with E-state index in [9.17, 15) is 4.21 Å². The van der Waals surface area contributed by atoms with Gasteiger partial charge in [0, 0.05) is 16.7 Å². The third kappa shape index (κ3) is 2.56. The molecule has 0 saturated heterocycles. The summed E-state index contributed by atoms with van der Waals surface area (Å²) in [6, 6.07) is 7.26. The summed E-state index contributed by atoms with van der Waals surface area (Å²) in [5, 5.41) is -0.0258. The molecule has 78 valence electrons. The third-order valence-electron chi connectivity index (χ3n) is 1.97. The Bertz CT molecular complexity index is 328. The quantitative estimate of drug-likeness (QED) is 0.816. The molecule has 1 aromatic carbocycles. The molecule has 0 radical (unpaired) electrons. The summed E-state index contributed by atoms with van der Waals surface area (Å²) in [6.07, 6.45) is 0. The lowest BCUT2D eigenvalue weighted by atomic mass is 10.3. The number of hydrogen-bond acceptors (Lipinski definition) is 3. The summed E-state index contributed by atoms with van der Waals surface area (Å²) in [4.78, 5) is 0.766. The molecule has 0 aliphatic carbocycles. The third-order valence-corrected chi connectivity index (χ3v) is 3.61. The first-order chi connectivity index (χ1) is 6.69. The van der Waals surface area contributed by atoms with Gasteiger partial charge in [-0.2, -0.15) is 0 Å². The minimum atomic E-state index is -1.05. The van der Waals surface area contributed by atoms with Crippen LogP contribution in [-0.2, 0) is 10.8 Å². The molecule has 0 amide bonds. The van der Waals surface area contributed by atoms with Crippen molar-refractivity contribution >= 4 is 10.8 Å². The standard InChI is InChI=1S/C10H15NO2S/c1-8(7-11)14(12)10-5-3-4-9(6-10)13-2/h3-6,8H,7,11H2,1-2H3. The first-order valence-electron chi connectivity index (χ1n) is 4.43. The molecule has 1 aromatic rings. The van der Waals surface area contributed by atoms with Crippen LogP contribution in [0.25, 0.3) is 0 Å². The van der Waals surface area contributed by atoms with E-state index in [1.54, 1.807) is 13.2 Å². The van der Waals surface area contributed by atoms with Crippen LogP contribution in [0.4, 0.5) is 0 Å². The molecule has 1 rings (SSSR count). The lowest BCUT2D eigenvalue weighted by Crippen LogP contribution is -2.21. The van der Waals surface area contributed by atoms with Crippen molar-refractivity contribution in [3.63, 3.8) is 0 Å². The van der Waals surface area contributed by atoms with Gasteiger partial charge >= 0.3 is 0 Å². The Hall–Kier alpha value is -0.870. The highest BCUT2D eigenvalue weighted by molar-refractivity contribution is 7.85. The number of hydrogen-bond donors (Lipinski definition) is 1. The highest BCUT2D eigenvalue weighted by Crippen LogP contribution is 2.17. The summed E-state index contributed by atoms with van der Waals surface area (Å²) in [5.41, 5.74) is 5.46. The van der Waals surface area contributed by atoms with E-state index >= 15 is 0 Å². The SMILES string of the molecule is COc1cccc(S(=O)C(C)CN)c1. The average Bonchev–Trinajstić information content (AvgIpc) is 2.27. The fourth-order valence-corrected chi connectivity index (χ4v) is 2.13. The van der Waals surface area contributed by atoms with Crippen molar-refractivity contribution in [3.8, 4) is 5.75 Å². The second-order valence-electron chi connectivity index (χ2n) is 3.02. The van der Waals surface area contributed by atoms with Crippen molar-refractivity contribution < 1.29 is 8.95 Å². The predicted octanol–water partition coefficient (Wildman–Crippen LogP) is 1.15. The molecule has 0 bridgehead atoms. The number of nitrogens with two attached hydrogens (primary N) is 1. The number of benzene rings is 1. The Labute approximate surface area is 86.7 Å². The van der Waals surface area contributed by atoms with Crippen LogP contribution in [0.1, 0.15) is 6.92 Å². The maximum absolute atomic E-state index is 11.8. The van der Waals surface area contributed by atoms with Gasteiger partial charge in [0.15, 0.2) is 0 Å². The zero-order valence-corrected chi connectivity index (χ0v) is 9.21. The summed E-state index contributed by atoms with van der Waals surface area (Å²) >= 11 is 0. The van der Waals surface area contributed by atoms with Crippen molar-refractivity contribution in [1.29, 1.82) is 0 Å². The maximum Gasteiger partial charge on any atom is 0.120 e. The molecule has 0 spiro atoms. The van der Waals surface area contributed by atoms with Gasteiger partial charge in [-0.25, -0.2) is 0 Å². The lowest BCUT2D eigenvalue weighted by molar-refractivity contribution is 0.413. The van der Waals surface area contributed by atoms with Gasteiger partial charge in [-0.05, 0) is 25.1 Å². The first-order valence-corrected chi connectivity index (χ1v) is 5.65. The van der Waals surface area contributed by atoms with Crippen LogP contribution in [0, 0.1) is 0 Å². The molecule has 14 heavy (non-hydrogen) atoms. The van der Waals surface area contributed by atoms with Crippen LogP contribution in [0.3, 0.4) is 0 Å². The zero-order valence-electron chi connectivity index (χ0n) is 8.40. The molecule has 2 atom stereocenters. The highest BCUT2D eigenvalue weighted by atomic mass is 32.2. The maximum atomic E-state index is 11.8. The number of rotatable bonds is 4. The topological polar surface area (TPSA) is 52.3 Å². The smallest absolute Gasteiger partial charge is 0.120 e. The van der Waals surface area contributed by atoms with Crippen LogP contribution < -0.4 is 10.5 Å². The van der Waals surface area contributed by atoms with Gasteiger partial charge in [0.2, 0.25) is 0 Å². The Kier molecular flexibility index (Phi) is 4.10. The van der Waals surface area contributed by atoms with Gasteiger partial charge in [-0.15, -0.1) is 0 Å².